The third-order valence-corrected chi connectivity index (χ3v) is 2.13. The van der Waals surface area contributed by atoms with Crippen LogP contribution >= 0.6 is 15.9 Å². The Labute approximate surface area is 84.3 Å². The summed E-state index contributed by atoms with van der Waals surface area (Å²) in [5.74, 6) is -0.406. The van der Waals surface area contributed by atoms with Gasteiger partial charge >= 0.3 is 5.97 Å². The van der Waals surface area contributed by atoms with E-state index in [1.54, 1.807) is 17.0 Å². The zero-order chi connectivity index (χ0) is 10.0. The van der Waals surface area contributed by atoms with E-state index in [0.29, 0.717) is 10.3 Å². The zero-order valence-electron chi connectivity index (χ0n) is 7.28. The number of hydrogen-bond donors (Lipinski definition) is 1. The van der Waals surface area contributed by atoms with Crippen LogP contribution in [0.3, 0.4) is 0 Å². The molecule has 70 valence electrons. The van der Waals surface area contributed by atoms with Crippen molar-refractivity contribution in [3.05, 3.63) is 22.3 Å². The minimum atomic E-state index is -1.03. The Balaban J connectivity index is 3.19. The van der Waals surface area contributed by atoms with Crippen molar-refractivity contribution >= 4 is 27.7 Å². The SMILES string of the molecule is CN(C)c1ccc(Br)c(C(=O)O)n1. The van der Waals surface area contributed by atoms with Crippen LogP contribution in [0.15, 0.2) is 16.6 Å². The first-order chi connectivity index (χ1) is 6.02. The van der Waals surface area contributed by atoms with Gasteiger partial charge in [-0.2, -0.15) is 0 Å². The molecule has 1 N–H and O–H groups in total. The van der Waals surface area contributed by atoms with E-state index in [9.17, 15) is 4.79 Å². The number of anilines is 1. The van der Waals surface area contributed by atoms with Gasteiger partial charge < -0.3 is 10.0 Å². The standard InChI is InChI=1S/C8H9BrN2O2/c1-11(2)6-4-3-5(9)7(10-6)8(12)13/h3-4H,1-2H3,(H,12,13). The number of carboxylic acid groups (broad SMARTS) is 1. The quantitative estimate of drug-likeness (QED) is 0.859. The topological polar surface area (TPSA) is 53.4 Å². The Hall–Kier alpha value is -1.10. The van der Waals surface area contributed by atoms with E-state index < -0.39 is 5.97 Å². The van der Waals surface area contributed by atoms with Crippen LogP contribution in [0.1, 0.15) is 10.5 Å². The molecule has 0 aliphatic carbocycles. The van der Waals surface area contributed by atoms with Gasteiger partial charge in [0.1, 0.15) is 5.82 Å². The Bertz CT molecular complexity index is 339. The predicted molar refractivity (Wildman–Crippen MR) is 53.2 cm³/mol. The van der Waals surface area contributed by atoms with Crippen LogP contribution in [0.4, 0.5) is 5.82 Å². The molecule has 0 radical (unpaired) electrons. The Morgan fingerprint density at radius 1 is 1.54 bits per heavy atom. The molecule has 0 aromatic carbocycles. The van der Waals surface area contributed by atoms with Gasteiger partial charge in [-0.15, -0.1) is 0 Å². The molecule has 0 aliphatic rings. The van der Waals surface area contributed by atoms with Crippen LogP contribution in [-0.2, 0) is 0 Å². The van der Waals surface area contributed by atoms with Gasteiger partial charge in [0.15, 0.2) is 5.69 Å². The van der Waals surface area contributed by atoms with Crippen molar-refractivity contribution in [3.63, 3.8) is 0 Å². The summed E-state index contributed by atoms with van der Waals surface area (Å²) in [5.41, 5.74) is 0.0335. The number of carbonyl (C=O) groups is 1. The van der Waals surface area contributed by atoms with Gasteiger partial charge in [0.05, 0.1) is 4.47 Å². The number of rotatable bonds is 2. The summed E-state index contributed by atoms with van der Waals surface area (Å²) in [6.07, 6.45) is 0. The molecule has 0 saturated carbocycles. The fraction of sp³-hybridized carbons (Fsp3) is 0.250. The van der Waals surface area contributed by atoms with Gasteiger partial charge in [-0.1, -0.05) is 0 Å². The second-order valence-electron chi connectivity index (χ2n) is 2.70. The fourth-order valence-electron chi connectivity index (χ4n) is 0.831. The van der Waals surface area contributed by atoms with Gasteiger partial charge in [0.2, 0.25) is 0 Å². The number of pyridine rings is 1. The fourth-order valence-corrected chi connectivity index (χ4v) is 1.22. The van der Waals surface area contributed by atoms with Crippen LogP contribution in [0, 0.1) is 0 Å². The van der Waals surface area contributed by atoms with Crippen LogP contribution in [0.25, 0.3) is 0 Å². The van der Waals surface area contributed by atoms with E-state index in [0.717, 1.165) is 0 Å². The average molecular weight is 245 g/mol. The molecule has 0 amide bonds. The highest BCUT2D eigenvalue weighted by Crippen LogP contribution is 2.18. The summed E-state index contributed by atoms with van der Waals surface area (Å²) in [7, 11) is 3.61. The van der Waals surface area contributed by atoms with Gasteiger partial charge in [-0.05, 0) is 28.1 Å². The molecule has 1 rings (SSSR count). The maximum absolute atomic E-state index is 10.7. The predicted octanol–water partition coefficient (Wildman–Crippen LogP) is 1.61. The molecule has 0 bridgehead atoms. The molecule has 0 atom stereocenters. The lowest BCUT2D eigenvalue weighted by Gasteiger charge is -2.11. The van der Waals surface area contributed by atoms with Crippen molar-refractivity contribution in [1.29, 1.82) is 0 Å². The summed E-state index contributed by atoms with van der Waals surface area (Å²) in [4.78, 5) is 16.4. The molecular weight excluding hydrogens is 236 g/mol. The number of carboxylic acids is 1. The molecule has 0 spiro atoms. The van der Waals surface area contributed by atoms with Crippen molar-refractivity contribution in [2.45, 2.75) is 0 Å². The molecule has 4 nitrogen and oxygen atoms in total. The van der Waals surface area contributed by atoms with Crippen LogP contribution in [0.2, 0.25) is 0 Å². The third-order valence-electron chi connectivity index (χ3n) is 1.49. The maximum atomic E-state index is 10.7. The molecule has 5 heteroatoms. The first kappa shape index (κ1) is 9.98. The van der Waals surface area contributed by atoms with Crippen LogP contribution < -0.4 is 4.90 Å². The summed E-state index contributed by atoms with van der Waals surface area (Å²) in [6, 6.07) is 3.42. The molecule has 13 heavy (non-hydrogen) atoms. The minimum absolute atomic E-state index is 0.0335. The van der Waals surface area contributed by atoms with Crippen molar-refractivity contribution in [2.75, 3.05) is 19.0 Å². The van der Waals surface area contributed by atoms with Crippen molar-refractivity contribution < 1.29 is 9.90 Å². The number of aromatic carboxylic acids is 1. The van der Waals surface area contributed by atoms with E-state index in [4.69, 9.17) is 5.11 Å². The normalized spacial score (nSPS) is 9.77. The molecular formula is C8H9BrN2O2. The Morgan fingerprint density at radius 2 is 2.15 bits per heavy atom. The molecule has 1 heterocycles. The number of aromatic nitrogens is 1. The molecule has 0 saturated heterocycles. The number of nitrogens with zero attached hydrogens (tertiary/aromatic N) is 2. The average Bonchev–Trinajstić information content (AvgIpc) is 2.04. The highest BCUT2D eigenvalue weighted by atomic mass is 79.9. The summed E-state index contributed by atoms with van der Waals surface area (Å²) in [5, 5.41) is 8.76. The molecule has 0 fully saturated rings. The maximum Gasteiger partial charge on any atom is 0.355 e. The van der Waals surface area contributed by atoms with Crippen molar-refractivity contribution in [3.8, 4) is 0 Å². The van der Waals surface area contributed by atoms with Gasteiger partial charge in [-0.25, -0.2) is 9.78 Å². The molecule has 0 unspecified atom stereocenters. The Kier molecular flexibility index (Phi) is 2.87. The highest BCUT2D eigenvalue weighted by molar-refractivity contribution is 9.10. The lowest BCUT2D eigenvalue weighted by atomic mass is 10.3. The molecule has 1 aromatic rings. The van der Waals surface area contributed by atoms with E-state index in [-0.39, 0.29) is 5.69 Å². The molecule has 0 aliphatic heterocycles. The first-order valence-electron chi connectivity index (χ1n) is 3.59. The van der Waals surface area contributed by atoms with Crippen molar-refractivity contribution in [2.24, 2.45) is 0 Å². The minimum Gasteiger partial charge on any atom is -0.476 e. The number of hydrogen-bond acceptors (Lipinski definition) is 3. The summed E-state index contributed by atoms with van der Waals surface area (Å²) >= 11 is 3.12. The van der Waals surface area contributed by atoms with Gasteiger partial charge in [-0.3, -0.25) is 0 Å². The van der Waals surface area contributed by atoms with E-state index in [1.165, 1.54) is 0 Å². The van der Waals surface area contributed by atoms with Crippen LogP contribution in [0.5, 0.6) is 0 Å². The van der Waals surface area contributed by atoms with E-state index in [1.807, 2.05) is 14.1 Å². The first-order valence-corrected chi connectivity index (χ1v) is 4.39. The lowest BCUT2D eigenvalue weighted by Crippen LogP contribution is -2.13. The second-order valence-corrected chi connectivity index (χ2v) is 3.55. The smallest absolute Gasteiger partial charge is 0.355 e. The third kappa shape index (κ3) is 2.18. The zero-order valence-corrected chi connectivity index (χ0v) is 8.87. The Morgan fingerprint density at radius 3 is 2.62 bits per heavy atom. The van der Waals surface area contributed by atoms with Gasteiger partial charge in [0, 0.05) is 14.1 Å². The number of halogens is 1. The van der Waals surface area contributed by atoms with Crippen molar-refractivity contribution in [1.82, 2.24) is 4.98 Å². The van der Waals surface area contributed by atoms with E-state index >= 15 is 0 Å². The lowest BCUT2D eigenvalue weighted by molar-refractivity contribution is 0.0689. The largest absolute Gasteiger partial charge is 0.476 e. The van der Waals surface area contributed by atoms with E-state index in [2.05, 4.69) is 20.9 Å². The van der Waals surface area contributed by atoms with Gasteiger partial charge in [0.25, 0.3) is 0 Å². The highest BCUT2D eigenvalue weighted by Gasteiger charge is 2.11. The molecule has 1 aromatic heterocycles. The second kappa shape index (κ2) is 3.74. The summed E-state index contributed by atoms with van der Waals surface area (Å²) < 4.78 is 0.491. The van der Waals surface area contributed by atoms with Crippen LogP contribution in [-0.4, -0.2) is 30.2 Å². The monoisotopic (exact) mass is 244 g/mol. The summed E-state index contributed by atoms with van der Waals surface area (Å²) in [6.45, 7) is 0.